The minimum Gasteiger partial charge on any atom is -0.491 e. The van der Waals surface area contributed by atoms with Crippen LogP contribution in [0.5, 0.6) is 5.75 Å². The maximum atomic E-state index is 12.8. The molecule has 1 atom stereocenters. The van der Waals surface area contributed by atoms with Crippen LogP contribution in [-0.4, -0.2) is 17.0 Å². The van der Waals surface area contributed by atoms with Crippen molar-refractivity contribution >= 4 is 33.1 Å². The molecule has 1 amide bonds. The Labute approximate surface area is 174 Å². The number of anilines is 1. The number of thiazole rings is 1. The molecule has 0 fully saturated rings. The molecule has 0 saturated carbocycles. The summed E-state index contributed by atoms with van der Waals surface area (Å²) >= 11 is 1.62. The van der Waals surface area contributed by atoms with E-state index in [1.54, 1.807) is 23.5 Å². The van der Waals surface area contributed by atoms with Crippen molar-refractivity contribution in [3.05, 3.63) is 78.4 Å². The molecule has 0 bridgehead atoms. The minimum atomic E-state index is -0.159. The monoisotopic (exact) mass is 402 g/mol. The number of nitrogens with zero attached hydrogens (tertiary/aromatic N) is 1. The number of hydrogen-bond donors (Lipinski definition) is 1. The molecule has 4 aromatic rings. The lowest BCUT2D eigenvalue weighted by Gasteiger charge is -2.13. The van der Waals surface area contributed by atoms with Crippen LogP contribution in [0, 0.1) is 0 Å². The lowest BCUT2D eigenvalue weighted by Crippen LogP contribution is -2.13. The predicted molar refractivity (Wildman–Crippen MR) is 120 cm³/mol. The third kappa shape index (κ3) is 4.30. The molecule has 0 radical (unpaired) electrons. The third-order valence-electron chi connectivity index (χ3n) is 4.73. The van der Waals surface area contributed by atoms with Crippen LogP contribution in [0.1, 0.15) is 30.6 Å². The van der Waals surface area contributed by atoms with Crippen LogP contribution in [-0.2, 0) is 0 Å². The van der Waals surface area contributed by atoms with Crippen LogP contribution in [0.2, 0.25) is 0 Å². The highest BCUT2D eigenvalue weighted by molar-refractivity contribution is 7.21. The first-order valence-corrected chi connectivity index (χ1v) is 10.5. The van der Waals surface area contributed by atoms with Gasteiger partial charge >= 0.3 is 0 Å². The average Bonchev–Trinajstić information content (AvgIpc) is 3.18. The summed E-state index contributed by atoms with van der Waals surface area (Å²) in [5.41, 5.74) is 3.21. The standard InChI is InChI=1S/C24H22N2O2S/c1-3-16(2)28-18-14-12-17(13-15-18)23(27)25-20-9-5-4-8-19(20)24-26-21-10-6-7-11-22(21)29-24/h4-16H,3H2,1-2H3,(H,25,27). The Morgan fingerprint density at radius 3 is 2.52 bits per heavy atom. The fourth-order valence-corrected chi connectivity index (χ4v) is 3.97. The Hall–Kier alpha value is -3.18. The number of fused-ring (bicyclic) bond motifs is 1. The van der Waals surface area contributed by atoms with E-state index in [9.17, 15) is 4.79 Å². The molecule has 1 aromatic heterocycles. The fourth-order valence-electron chi connectivity index (χ4n) is 2.96. The van der Waals surface area contributed by atoms with Gasteiger partial charge in [0.25, 0.3) is 5.91 Å². The predicted octanol–water partition coefficient (Wildman–Crippen LogP) is 6.39. The Morgan fingerprint density at radius 2 is 1.76 bits per heavy atom. The molecule has 146 valence electrons. The van der Waals surface area contributed by atoms with Crippen molar-refractivity contribution < 1.29 is 9.53 Å². The molecule has 1 N–H and O–H groups in total. The zero-order valence-corrected chi connectivity index (χ0v) is 17.2. The van der Waals surface area contributed by atoms with E-state index in [1.165, 1.54) is 0 Å². The minimum absolute atomic E-state index is 0.148. The van der Waals surface area contributed by atoms with Crippen molar-refractivity contribution in [2.45, 2.75) is 26.4 Å². The molecular weight excluding hydrogens is 380 g/mol. The molecule has 1 unspecified atom stereocenters. The molecule has 0 aliphatic carbocycles. The second-order valence-electron chi connectivity index (χ2n) is 6.85. The molecule has 5 heteroatoms. The van der Waals surface area contributed by atoms with Gasteiger partial charge in [-0.3, -0.25) is 4.79 Å². The molecule has 0 aliphatic heterocycles. The van der Waals surface area contributed by atoms with Crippen LogP contribution in [0.3, 0.4) is 0 Å². The number of nitrogens with one attached hydrogen (secondary N) is 1. The molecular formula is C24H22N2O2S. The first kappa shape index (κ1) is 19.2. The number of hydrogen-bond acceptors (Lipinski definition) is 4. The van der Waals surface area contributed by atoms with Crippen LogP contribution >= 0.6 is 11.3 Å². The fraction of sp³-hybridized carbons (Fsp3) is 0.167. The molecule has 3 aromatic carbocycles. The second-order valence-corrected chi connectivity index (χ2v) is 7.88. The maximum Gasteiger partial charge on any atom is 0.255 e. The van der Waals surface area contributed by atoms with Gasteiger partial charge in [-0.15, -0.1) is 11.3 Å². The van der Waals surface area contributed by atoms with E-state index in [0.29, 0.717) is 5.56 Å². The Balaban J connectivity index is 1.56. The van der Waals surface area contributed by atoms with Crippen LogP contribution in [0.4, 0.5) is 5.69 Å². The quantitative estimate of drug-likeness (QED) is 0.406. The molecule has 0 aliphatic rings. The Morgan fingerprint density at radius 1 is 1.03 bits per heavy atom. The van der Waals surface area contributed by atoms with E-state index < -0.39 is 0 Å². The summed E-state index contributed by atoms with van der Waals surface area (Å²) in [7, 11) is 0. The van der Waals surface area contributed by atoms with Gasteiger partial charge in [0.1, 0.15) is 10.8 Å². The van der Waals surface area contributed by atoms with E-state index in [4.69, 9.17) is 9.72 Å². The lowest BCUT2D eigenvalue weighted by atomic mass is 10.1. The van der Waals surface area contributed by atoms with Gasteiger partial charge in [-0.05, 0) is 61.9 Å². The summed E-state index contributed by atoms with van der Waals surface area (Å²) in [6.45, 7) is 4.11. The SMILES string of the molecule is CCC(C)Oc1ccc(C(=O)Nc2ccccc2-c2nc3ccccc3s2)cc1. The number of para-hydroxylation sites is 2. The molecule has 4 nitrogen and oxygen atoms in total. The molecule has 1 heterocycles. The molecule has 0 saturated heterocycles. The van der Waals surface area contributed by atoms with Crippen molar-refractivity contribution in [1.82, 2.24) is 4.98 Å². The topological polar surface area (TPSA) is 51.2 Å². The van der Waals surface area contributed by atoms with Crippen molar-refractivity contribution in [3.8, 4) is 16.3 Å². The van der Waals surface area contributed by atoms with E-state index >= 15 is 0 Å². The normalized spacial score (nSPS) is 11.9. The summed E-state index contributed by atoms with van der Waals surface area (Å²) < 4.78 is 6.91. The number of ether oxygens (including phenoxy) is 1. The lowest BCUT2D eigenvalue weighted by molar-refractivity contribution is 0.102. The molecule has 29 heavy (non-hydrogen) atoms. The number of benzene rings is 3. The third-order valence-corrected chi connectivity index (χ3v) is 5.80. The van der Waals surface area contributed by atoms with E-state index in [1.807, 2.05) is 61.5 Å². The van der Waals surface area contributed by atoms with Gasteiger partial charge in [0.05, 0.1) is 22.0 Å². The summed E-state index contributed by atoms with van der Waals surface area (Å²) in [4.78, 5) is 17.5. The largest absolute Gasteiger partial charge is 0.491 e. The summed E-state index contributed by atoms with van der Waals surface area (Å²) in [6.07, 6.45) is 1.08. The molecule has 4 rings (SSSR count). The van der Waals surface area contributed by atoms with Gasteiger partial charge in [0.15, 0.2) is 0 Å². The van der Waals surface area contributed by atoms with Crippen molar-refractivity contribution in [2.24, 2.45) is 0 Å². The van der Waals surface area contributed by atoms with Gasteiger partial charge in [0.2, 0.25) is 0 Å². The number of rotatable bonds is 6. The first-order valence-electron chi connectivity index (χ1n) is 9.67. The van der Waals surface area contributed by atoms with Crippen LogP contribution in [0.15, 0.2) is 72.8 Å². The van der Waals surface area contributed by atoms with Gasteiger partial charge in [0, 0.05) is 11.1 Å². The van der Waals surface area contributed by atoms with Gasteiger partial charge in [-0.25, -0.2) is 4.98 Å². The Bertz CT molecular complexity index is 1100. The zero-order valence-electron chi connectivity index (χ0n) is 16.4. The van der Waals surface area contributed by atoms with Gasteiger partial charge in [-0.2, -0.15) is 0 Å². The number of aromatic nitrogens is 1. The maximum absolute atomic E-state index is 12.8. The van der Waals surface area contributed by atoms with Crippen molar-refractivity contribution in [3.63, 3.8) is 0 Å². The number of carbonyl (C=O) groups excluding carboxylic acids is 1. The molecule has 0 spiro atoms. The van der Waals surface area contributed by atoms with Crippen LogP contribution in [0.25, 0.3) is 20.8 Å². The Kier molecular flexibility index (Phi) is 5.58. The highest BCUT2D eigenvalue weighted by Gasteiger charge is 2.13. The highest BCUT2D eigenvalue weighted by atomic mass is 32.1. The number of amides is 1. The van der Waals surface area contributed by atoms with Gasteiger partial charge < -0.3 is 10.1 Å². The highest BCUT2D eigenvalue weighted by Crippen LogP contribution is 2.34. The summed E-state index contributed by atoms with van der Waals surface area (Å²) in [5, 5.41) is 3.92. The zero-order chi connectivity index (χ0) is 20.2. The smallest absolute Gasteiger partial charge is 0.255 e. The van der Waals surface area contributed by atoms with Gasteiger partial charge in [-0.1, -0.05) is 31.2 Å². The number of carbonyl (C=O) groups is 1. The van der Waals surface area contributed by atoms with Crippen molar-refractivity contribution in [1.29, 1.82) is 0 Å². The summed E-state index contributed by atoms with van der Waals surface area (Å²) in [5.74, 6) is 0.611. The van der Waals surface area contributed by atoms with E-state index in [2.05, 4.69) is 18.3 Å². The second kappa shape index (κ2) is 8.45. The van der Waals surface area contributed by atoms with Crippen molar-refractivity contribution in [2.75, 3.05) is 5.32 Å². The van der Waals surface area contributed by atoms with Crippen LogP contribution < -0.4 is 10.1 Å². The summed E-state index contributed by atoms with van der Waals surface area (Å²) in [6, 6.07) is 23.0. The first-order chi connectivity index (χ1) is 14.1. The average molecular weight is 403 g/mol. The van der Waals surface area contributed by atoms with E-state index in [-0.39, 0.29) is 12.0 Å². The van der Waals surface area contributed by atoms with E-state index in [0.717, 1.165) is 38.6 Å².